The van der Waals surface area contributed by atoms with Crippen LogP contribution in [0.5, 0.6) is 0 Å². The summed E-state index contributed by atoms with van der Waals surface area (Å²) in [6.45, 7) is 2.74. The van der Waals surface area contributed by atoms with Gasteiger partial charge in [-0.1, -0.05) is 6.07 Å². The van der Waals surface area contributed by atoms with E-state index in [1.165, 1.54) is 12.1 Å². The van der Waals surface area contributed by atoms with E-state index in [4.69, 9.17) is 4.74 Å². The molecular formula is C15H21FO2. The molecule has 18 heavy (non-hydrogen) atoms. The molecule has 2 nitrogen and oxygen atoms in total. The highest BCUT2D eigenvalue weighted by Gasteiger charge is 2.17. The molecule has 1 aromatic rings. The Kier molecular flexibility index (Phi) is 4.72. The van der Waals surface area contributed by atoms with Crippen molar-refractivity contribution >= 4 is 0 Å². The van der Waals surface area contributed by atoms with Gasteiger partial charge in [0.2, 0.25) is 0 Å². The van der Waals surface area contributed by atoms with E-state index in [1.54, 1.807) is 6.07 Å². The topological polar surface area (TPSA) is 29.5 Å². The van der Waals surface area contributed by atoms with Gasteiger partial charge in [-0.3, -0.25) is 0 Å². The fraction of sp³-hybridized carbons (Fsp3) is 0.600. The predicted molar refractivity (Wildman–Crippen MR) is 69.1 cm³/mol. The van der Waals surface area contributed by atoms with Gasteiger partial charge in [-0.05, 0) is 62.3 Å². The fourth-order valence-corrected chi connectivity index (χ4v) is 2.49. The Balaban J connectivity index is 1.80. The van der Waals surface area contributed by atoms with Crippen molar-refractivity contribution in [3.05, 3.63) is 35.1 Å². The molecule has 0 aliphatic carbocycles. The van der Waals surface area contributed by atoms with E-state index >= 15 is 0 Å². The van der Waals surface area contributed by atoms with Crippen LogP contribution in [0.1, 0.15) is 36.8 Å². The molecule has 3 heteroatoms. The monoisotopic (exact) mass is 252 g/mol. The zero-order valence-corrected chi connectivity index (χ0v) is 10.9. The lowest BCUT2D eigenvalue weighted by Crippen LogP contribution is -2.15. The molecule has 0 aromatic heterocycles. The summed E-state index contributed by atoms with van der Waals surface area (Å²) >= 11 is 0. The molecule has 0 saturated carbocycles. The van der Waals surface area contributed by atoms with Crippen molar-refractivity contribution in [3.63, 3.8) is 0 Å². The maximum absolute atomic E-state index is 13.0. The molecule has 1 aliphatic rings. The van der Waals surface area contributed by atoms with Crippen molar-refractivity contribution in [1.29, 1.82) is 0 Å². The molecule has 1 aliphatic heterocycles. The smallest absolute Gasteiger partial charge is 0.123 e. The second kappa shape index (κ2) is 6.30. The summed E-state index contributed by atoms with van der Waals surface area (Å²) < 4.78 is 18.5. The van der Waals surface area contributed by atoms with Crippen LogP contribution in [0.2, 0.25) is 0 Å². The third-order valence-corrected chi connectivity index (χ3v) is 3.61. The standard InChI is InChI=1S/C15H21FO2/c1-11-9-13(16)5-4-12(11)10-14(17)6-7-15-3-2-8-18-15/h4-5,9,14-15,17H,2-3,6-8,10H2,1H3. The number of aryl methyl sites for hydroxylation is 1. The first kappa shape index (κ1) is 13.5. The van der Waals surface area contributed by atoms with Gasteiger partial charge in [0, 0.05) is 6.61 Å². The summed E-state index contributed by atoms with van der Waals surface area (Å²) in [7, 11) is 0. The van der Waals surface area contributed by atoms with Crippen molar-refractivity contribution in [2.75, 3.05) is 6.61 Å². The maximum Gasteiger partial charge on any atom is 0.123 e. The van der Waals surface area contributed by atoms with Crippen LogP contribution >= 0.6 is 0 Å². The second-order valence-corrected chi connectivity index (χ2v) is 5.14. The Labute approximate surface area is 108 Å². The van der Waals surface area contributed by atoms with Gasteiger partial charge in [-0.2, -0.15) is 0 Å². The highest BCUT2D eigenvalue weighted by molar-refractivity contribution is 5.27. The first-order valence-electron chi connectivity index (χ1n) is 6.70. The van der Waals surface area contributed by atoms with Gasteiger partial charge in [0.15, 0.2) is 0 Å². The molecule has 0 spiro atoms. The average molecular weight is 252 g/mol. The first-order valence-corrected chi connectivity index (χ1v) is 6.70. The molecule has 2 rings (SSSR count). The normalized spacial score (nSPS) is 21.2. The number of ether oxygens (including phenoxy) is 1. The van der Waals surface area contributed by atoms with E-state index < -0.39 is 0 Å². The molecule has 1 N–H and O–H groups in total. The van der Waals surface area contributed by atoms with Gasteiger partial charge in [0.1, 0.15) is 5.82 Å². The van der Waals surface area contributed by atoms with Gasteiger partial charge >= 0.3 is 0 Å². The Morgan fingerprint density at radius 1 is 1.50 bits per heavy atom. The third-order valence-electron chi connectivity index (χ3n) is 3.61. The number of aliphatic hydroxyl groups excluding tert-OH is 1. The third kappa shape index (κ3) is 3.79. The van der Waals surface area contributed by atoms with E-state index in [9.17, 15) is 9.50 Å². The first-order chi connectivity index (χ1) is 8.65. The van der Waals surface area contributed by atoms with Crippen LogP contribution in [-0.2, 0) is 11.2 Å². The van der Waals surface area contributed by atoms with Crippen molar-refractivity contribution in [2.24, 2.45) is 0 Å². The molecule has 0 radical (unpaired) electrons. The molecule has 1 heterocycles. The van der Waals surface area contributed by atoms with Gasteiger partial charge in [-0.15, -0.1) is 0 Å². The molecule has 1 saturated heterocycles. The summed E-state index contributed by atoms with van der Waals surface area (Å²) in [5.41, 5.74) is 1.93. The van der Waals surface area contributed by atoms with Gasteiger partial charge in [0.25, 0.3) is 0 Å². The van der Waals surface area contributed by atoms with Crippen LogP contribution in [0.15, 0.2) is 18.2 Å². The molecule has 0 bridgehead atoms. The number of benzene rings is 1. The van der Waals surface area contributed by atoms with Crippen molar-refractivity contribution in [3.8, 4) is 0 Å². The number of aliphatic hydroxyl groups is 1. The molecule has 2 atom stereocenters. The Bertz CT molecular complexity index is 386. The molecule has 1 fully saturated rings. The number of rotatable bonds is 5. The number of halogens is 1. The van der Waals surface area contributed by atoms with E-state index in [0.29, 0.717) is 12.5 Å². The van der Waals surface area contributed by atoms with E-state index in [2.05, 4.69) is 0 Å². The maximum atomic E-state index is 13.0. The van der Waals surface area contributed by atoms with Gasteiger partial charge in [-0.25, -0.2) is 4.39 Å². The minimum absolute atomic E-state index is 0.218. The number of hydrogen-bond donors (Lipinski definition) is 1. The van der Waals surface area contributed by atoms with Gasteiger partial charge < -0.3 is 9.84 Å². The molecule has 2 unspecified atom stereocenters. The largest absolute Gasteiger partial charge is 0.393 e. The summed E-state index contributed by atoms with van der Waals surface area (Å²) in [5.74, 6) is -0.218. The van der Waals surface area contributed by atoms with Crippen LogP contribution in [0, 0.1) is 12.7 Å². The molecule has 1 aromatic carbocycles. The second-order valence-electron chi connectivity index (χ2n) is 5.14. The summed E-state index contributed by atoms with van der Waals surface area (Å²) in [6, 6.07) is 4.73. The fourth-order valence-electron chi connectivity index (χ4n) is 2.49. The lowest BCUT2D eigenvalue weighted by molar-refractivity contribution is 0.0813. The highest BCUT2D eigenvalue weighted by atomic mass is 19.1. The molecule has 0 amide bonds. The van der Waals surface area contributed by atoms with Crippen LogP contribution in [0.25, 0.3) is 0 Å². The van der Waals surface area contributed by atoms with E-state index in [-0.39, 0.29) is 11.9 Å². The van der Waals surface area contributed by atoms with Crippen LogP contribution in [0.3, 0.4) is 0 Å². The molecular weight excluding hydrogens is 231 g/mol. The summed E-state index contributed by atoms with van der Waals surface area (Å²) in [5, 5.41) is 10.0. The van der Waals surface area contributed by atoms with E-state index in [0.717, 1.165) is 43.4 Å². The van der Waals surface area contributed by atoms with Gasteiger partial charge in [0.05, 0.1) is 12.2 Å². The minimum Gasteiger partial charge on any atom is -0.393 e. The van der Waals surface area contributed by atoms with Crippen molar-refractivity contribution in [1.82, 2.24) is 0 Å². The Morgan fingerprint density at radius 2 is 2.33 bits per heavy atom. The average Bonchev–Trinajstić information content (AvgIpc) is 2.83. The predicted octanol–water partition coefficient (Wildman–Crippen LogP) is 3.00. The summed E-state index contributed by atoms with van der Waals surface area (Å²) in [4.78, 5) is 0. The quantitative estimate of drug-likeness (QED) is 0.873. The van der Waals surface area contributed by atoms with E-state index in [1.807, 2.05) is 6.92 Å². The van der Waals surface area contributed by atoms with Crippen molar-refractivity contribution in [2.45, 2.75) is 51.2 Å². The Morgan fingerprint density at radius 3 is 3.00 bits per heavy atom. The highest BCUT2D eigenvalue weighted by Crippen LogP contribution is 2.19. The zero-order chi connectivity index (χ0) is 13.0. The van der Waals surface area contributed by atoms with Crippen molar-refractivity contribution < 1.29 is 14.2 Å². The minimum atomic E-state index is -0.363. The Hall–Kier alpha value is -0.930. The molecule has 100 valence electrons. The lowest BCUT2D eigenvalue weighted by atomic mass is 9.98. The zero-order valence-electron chi connectivity index (χ0n) is 10.9. The van der Waals surface area contributed by atoms with Crippen LogP contribution in [-0.4, -0.2) is 23.9 Å². The number of hydrogen-bond acceptors (Lipinski definition) is 2. The lowest BCUT2D eigenvalue weighted by Gasteiger charge is -2.15. The SMILES string of the molecule is Cc1cc(F)ccc1CC(O)CCC1CCCO1. The van der Waals surface area contributed by atoms with Crippen LogP contribution in [0.4, 0.5) is 4.39 Å². The van der Waals surface area contributed by atoms with Crippen LogP contribution < -0.4 is 0 Å². The summed E-state index contributed by atoms with van der Waals surface area (Å²) in [6.07, 6.45) is 4.48.